The van der Waals surface area contributed by atoms with Crippen molar-refractivity contribution in [3.05, 3.63) is 18.2 Å². The molecule has 0 aliphatic rings. The van der Waals surface area contributed by atoms with Gasteiger partial charge in [0.15, 0.2) is 0 Å². The summed E-state index contributed by atoms with van der Waals surface area (Å²) in [6.45, 7) is 8.68. The molecule has 14 heavy (non-hydrogen) atoms. The highest BCUT2D eigenvalue weighted by atomic mass is 15.1. The molecule has 80 valence electrons. The quantitative estimate of drug-likeness (QED) is 0.802. The van der Waals surface area contributed by atoms with Gasteiger partial charge in [0.25, 0.3) is 0 Å². The van der Waals surface area contributed by atoms with E-state index in [-0.39, 0.29) is 6.04 Å². The third-order valence-corrected chi connectivity index (χ3v) is 2.71. The Morgan fingerprint density at radius 3 is 2.50 bits per heavy atom. The molecule has 2 atom stereocenters. The number of rotatable bonds is 4. The number of aromatic nitrogens is 2. The number of hydrogen-bond donors (Lipinski definition) is 1. The Morgan fingerprint density at radius 1 is 1.43 bits per heavy atom. The van der Waals surface area contributed by atoms with E-state index in [9.17, 15) is 0 Å². The van der Waals surface area contributed by atoms with Crippen LogP contribution in [0.3, 0.4) is 0 Å². The molecule has 0 saturated heterocycles. The van der Waals surface area contributed by atoms with Crippen LogP contribution in [-0.2, 0) is 0 Å². The highest BCUT2D eigenvalue weighted by Crippen LogP contribution is 2.24. The van der Waals surface area contributed by atoms with E-state index in [4.69, 9.17) is 5.73 Å². The zero-order valence-corrected chi connectivity index (χ0v) is 9.57. The van der Waals surface area contributed by atoms with E-state index in [1.54, 1.807) is 0 Å². The van der Waals surface area contributed by atoms with Crippen molar-refractivity contribution in [2.45, 2.75) is 46.2 Å². The Morgan fingerprint density at radius 2 is 2.07 bits per heavy atom. The highest BCUT2D eigenvalue weighted by molar-refractivity contribution is 5.05. The van der Waals surface area contributed by atoms with E-state index in [1.165, 1.54) is 0 Å². The van der Waals surface area contributed by atoms with Crippen molar-refractivity contribution in [1.82, 2.24) is 9.55 Å². The maximum atomic E-state index is 5.89. The second-order valence-electron chi connectivity index (χ2n) is 4.23. The number of imidazole rings is 1. The van der Waals surface area contributed by atoms with Crippen molar-refractivity contribution in [2.75, 3.05) is 0 Å². The molecular formula is C11H21N3. The molecule has 0 fully saturated rings. The first-order valence-electron chi connectivity index (χ1n) is 5.35. The summed E-state index contributed by atoms with van der Waals surface area (Å²) in [5, 5.41) is 0. The topological polar surface area (TPSA) is 43.8 Å². The second kappa shape index (κ2) is 4.60. The maximum Gasteiger partial charge on any atom is 0.0951 e. The van der Waals surface area contributed by atoms with Gasteiger partial charge in [-0.3, -0.25) is 0 Å². The van der Waals surface area contributed by atoms with Crippen LogP contribution in [0, 0.1) is 5.92 Å². The fourth-order valence-corrected chi connectivity index (χ4v) is 1.93. The van der Waals surface area contributed by atoms with Gasteiger partial charge in [-0.15, -0.1) is 0 Å². The minimum Gasteiger partial charge on any atom is -0.330 e. The van der Waals surface area contributed by atoms with E-state index in [0.29, 0.717) is 12.0 Å². The Hall–Kier alpha value is -0.830. The van der Waals surface area contributed by atoms with Crippen LogP contribution in [0.25, 0.3) is 0 Å². The monoisotopic (exact) mass is 195 g/mol. The third kappa shape index (κ3) is 2.15. The lowest BCUT2D eigenvalue weighted by Gasteiger charge is -2.24. The van der Waals surface area contributed by atoms with Gasteiger partial charge in [-0.1, -0.05) is 20.8 Å². The molecule has 0 spiro atoms. The predicted molar refractivity (Wildman–Crippen MR) is 59.0 cm³/mol. The van der Waals surface area contributed by atoms with Gasteiger partial charge in [-0.25, -0.2) is 4.98 Å². The Kier molecular flexibility index (Phi) is 3.69. The van der Waals surface area contributed by atoms with Crippen LogP contribution < -0.4 is 5.73 Å². The lowest BCUT2D eigenvalue weighted by Crippen LogP contribution is -2.19. The van der Waals surface area contributed by atoms with Crippen molar-refractivity contribution < 1.29 is 0 Å². The van der Waals surface area contributed by atoms with E-state index in [1.807, 2.05) is 19.4 Å². The Bertz CT molecular complexity index is 276. The smallest absolute Gasteiger partial charge is 0.0951 e. The van der Waals surface area contributed by atoms with Crippen LogP contribution in [0.15, 0.2) is 12.5 Å². The molecule has 1 aromatic rings. The van der Waals surface area contributed by atoms with E-state index in [2.05, 4.69) is 30.3 Å². The first-order valence-corrected chi connectivity index (χ1v) is 5.35. The van der Waals surface area contributed by atoms with Gasteiger partial charge in [0, 0.05) is 18.3 Å². The van der Waals surface area contributed by atoms with Crippen LogP contribution in [0.5, 0.6) is 0 Å². The highest BCUT2D eigenvalue weighted by Gasteiger charge is 2.17. The fraction of sp³-hybridized carbons (Fsp3) is 0.727. The summed E-state index contributed by atoms with van der Waals surface area (Å²) in [5.74, 6) is 0.617. The van der Waals surface area contributed by atoms with Gasteiger partial charge in [0.05, 0.1) is 12.0 Å². The van der Waals surface area contributed by atoms with Gasteiger partial charge in [0.2, 0.25) is 0 Å². The van der Waals surface area contributed by atoms with Crippen LogP contribution >= 0.6 is 0 Å². The summed E-state index contributed by atoms with van der Waals surface area (Å²) in [7, 11) is 0. The van der Waals surface area contributed by atoms with Crippen molar-refractivity contribution in [3.63, 3.8) is 0 Å². The molecule has 1 aromatic heterocycles. The van der Waals surface area contributed by atoms with Crippen LogP contribution in [0.2, 0.25) is 0 Å². The summed E-state index contributed by atoms with van der Waals surface area (Å²) >= 11 is 0. The lowest BCUT2D eigenvalue weighted by atomic mass is 10.0. The third-order valence-electron chi connectivity index (χ3n) is 2.71. The largest absolute Gasteiger partial charge is 0.330 e. The molecule has 2 N–H and O–H groups in total. The summed E-state index contributed by atoms with van der Waals surface area (Å²) in [5.41, 5.74) is 7.02. The van der Waals surface area contributed by atoms with Gasteiger partial charge < -0.3 is 10.3 Å². The zero-order valence-electron chi connectivity index (χ0n) is 9.57. The molecule has 0 aromatic carbocycles. The van der Waals surface area contributed by atoms with Gasteiger partial charge in [-0.2, -0.15) is 0 Å². The Balaban J connectivity index is 2.97. The minimum absolute atomic E-state index is 0.0605. The van der Waals surface area contributed by atoms with Crippen molar-refractivity contribution in [2.24, 2.45) is 11.7 Å². The number of nitrogens with zero attached hydrogens (tertiary/aromatic N) is 2. The zero-order chi connectivity index (χ0) is 10.7. The van der Waals surface area contributed by atoms with Crippen molar-refractivity contribution in [1.29, 1.82) is 0 Å². The maximum absolute atomic E-state index is 5.89. The first-order chi connectivity index (χ1) is 6.57. The predicted octanol–water partition coefficient (Wildman–Crippen LogP) is 2.51. The molecule has 0 bridgehead atoms. The summed E-state index contributed by atoms with van der Waals surface area (Å²) in [6.07, 6.45) is 4.89. The van der Waals surface area contributed by atoms with Crippen molar-refractivity contribution in [3.8, 4) is 0 Å². The van der Waals surface area contributed by atoms with E-state index >= 15 is 0 Å². The average Bonchev–Trinajstić information content (AvgIpc) is 2.53. The molecule has 0 aliphatic carbocycles. The van der Waals surface area contributed by atoms with Gasteiger partial charge in [-0.05, 0) is 19.3 Å². The molecule has 1 unspecified atom stereocenters. The van der Waals surface area contributed by atoms with Crippen LogP contribution in [0.1, 0.15) is 51.9 Å². The standard InChI is InChI=1S/C11H21N3/c1-5-10(8(2)3)14-7-13-6-11(14)9(4)12/h6-10H,5,12H2,1-4H3/t9-,10?/m1/s1. The summed E-state index contributed by atoms with van der Waals surface area (Å²) < 4.78 is 2.22. The molecule has 0 amide bonds. The molecule has 3 heteroatoms. The molecule has 1 rings (SSSR count). The number of nitrogens with two attached hydrogens (primary N) is 1. The number of hydrogen-bond acceptors (Lipinski definition) is 2. The lowest BCUT2D eigenvalue weighted by molar-refractivity contribution is 0.353. The van der Waals surface area contributed by atoms with Crippen LogP contribution in [-0.4, -0.2) is 9.55 Å². The molecule has 0 radical (unpaired) electrons. The Labute approximate surface area is 86.3 Å². The minimum atomic E-state index is 0.0605. The van der Waals surface area contributed by atoms with Crippen LogP contribution in [0.4, 0.5) is 0 Å². The van der Waals surface area contributed by atoms with E-state index in [0.717, 1.165) is 12.1 Å². The summed E-state index contributed by atoms with van der Waals surface area (Å²) in [4.78, 5) is 4.18. The fourth-order valence-electron chi connectivity index (χ4n) is 1.93. The van der Waals surface area contributed by atoms with Gasteiger partial charge >= 0.3 is 0 Å². The second-order valence-corrected chi connectivity index (χ2v) is 4.23. The first kappa shape index (κ1) is 11.2. The normalized spacial score (nSPS) is 15.9. The van der Waals surface area contributed by atoms with E-state index < -0.39 is 0 Å². The molecular weight excluding hydrogens is 174 g/mol. The molecule has 0 aliphatic heterocycles. The molecule has 3 nitrogen and oxygen atoms in total. The molecule has 1 heterocycles. The molecule has 0 saturated carbocycles. The van der Waals surface area contributed by atoms with Gasteiger partial charge in [0.1, 0.15) is 0 Å². The summed E-state index contributed by atoms with van der Waals surface area (Å²) in [6, 6.07) is 0.573. The van der Waals surface area contributed by atoms with Crippen molar-refractivity contribution >= 4 is 0 Å². The average molecular weight is 195 g/mol. The SMILES string of the molecule is CCC(C(C)C)n1cncc1[C@@H](C)N.